The van der Waals surface area contributed by atoms with Crippen molar-refractivity contribution in [1.29, 1.82) is 0 Å². The van der Waals surface area contributed by atoms with Gasteiger partial charge in [0.05, 0.1) is 0 Å². The van der Waals surface area contributed by atoms with Crippen LogP contribution in [-0.2, 0) is 0 Å². The molecule has 1 aromatic rings. The second-order valence-corrected chi connectivity index (χ2v) is 4.04. The smallest absolute Gasteiger partial charge is 0.0480 e. The first-order valence-electron chi connectivity index (χ1n) is 4.56. The highest BCUT2D eigenvalue weighted by molar-refractivity contribution is 7.99. The van der Waals surface area contributed by atoms with Crippen molar-refractivity contribution < 1.29 is 0 Å². The molecule has 1 nitrogen and oxygen atoms in total. The van der Waals surface area contributed by atoms with Crippen molar-refractivity contribution in [1.82, 2.24) is 0 Å². The maximum atomic E-state index is 4.33. The average Bonchev–Trinajstić information content (AvgIpc) is 2.19. The predicted octanol–water partition coefficient (Wildman–Crippen LogP) is 2.86. The molecule has 0 radical (unpaired) electrons. The first-order valence-corrected chi connectivity index (χ1v) is 5.71. The summed E-state index contributed by atoms with van der Waals surface area (Å²) in [5, 5.41) is 0. The Kier molecular flexibility index (Phi) is 5.34. The van der Waals surface area contributed by atoms with Gasteiger partial charge in [-0.15, -0.1) is 0 Å². The zero-order valence-corrected chi connectivity index (χ0v) is 8.76. The van der Waals surface area contributed by atoms with E-state index >= 15 is 0 Å². The van der Waals surface area contributed by atoms with Crippen LogP contribution in [0.15, 0.2) is 35.3 Å². The second-order valence-electron chi connectivity index (χ2n) is 2.64. The minimum Gasteiger partial charge on any atom is -0.292 e. The third-order valence-corrected chi connectivity index (χ3v) is 2.49. The van der Waals surface area contributed by atoms with Crippen molar-refractivity contribution in [2.75, 3.05) is 18.1 Å². The summed E-state index contributed by atoms with van der Waals surface area (Å²) in [5.74, 6) is 2.31. The summed E-state index contributed by atoms with van der Waals surface area (Å²) in [6.07, 6.45) is 1.94. The van der Waals surface area contributed by atoms with Crippen molar-refractivity contribution >= 4 is 18.0 Å². The summed E-state index contributed by atoms with van der Waals surface area (Å²) >= 11 is 1.93. The van der Waals surface area contributed by atoms with E-state index < -0.39 is 0 Å². The molecule has 0 bridgehead atoms. The van der Waals surface area contributed by atoms with Crippen LogP contribution >= 0.6 is 11.8 Å². The van der Waals surface area contributed by atoms with Gasteiger partial charge in [-0.3, -0.25) is 4.99 Å². The molecule has 0 amide bonds. The number of hydrogen-bond acceptors (Lipinski definition) is 2. The van der Waals surface area contributed by atoms with Crippen LogP contribution in [0.4, 0.5) is 0 Å². The lowest BCUT2D eigenvalue weighted by atomic mass is 10.2. The molecule has 0 N–H and O–H groups in total. The molecule has 0 saturated carbocycles. The Balaban J connectivity index is 2.25. The van der Waals surface area contributed by atoms with Gasteiger partial charge in [-0.2, -0.15) is 11.8 Å². The molecule has 0 fully saturated rings. The van der Waals surface area contributed by atoms with E-state index in [2.05, 4.69) is 24.0 Å². The van der Waals surface area contributed by atoms with E-state index in [9.17, 15) is 0 Å². The van der Waals surface area contributed by atoms with E-state index in [1.165, 1.54) is 11.3 Å². The van der Waals surface area contributed by atoms with E-state index in [0.717, 1.165) is 12.3 Å². The van der Waals surface area contributed by atoms with Crippen LogP contribution in [0.3, 0.4) is 0 Å². The van der Waals surface area contributed by atoms with Crippen LogP contribution < -0.4 is 0 Å². The normalized spacial score (nSPS) is 10.8. The summed E-state index contributed by atoms with van der Waals surface area (Å²) in [7, 11) is 0. The summed E-state index contributed by atoms with van der Waals surface area (Å²) in [6.45, 7) is 3.10. The molecule has 13 heavy (non-hydrogen) atoms. The van der Waals surface area contributed by atoms with Gasteiger partial charge in [0.1, 0.15) is 0 Å². The Bertz CT molecular complexity index is 244. The third-order valence-electron chi connectivity index (χ3n) is 1.61. The number of thioether (sulfide) groups is 1. The molecule has 2 heteroatoms. The summed E-state index contributed by atoms with van der Waals surface area (Å²) in [5.41, 5.74) is 1.18. The zero-order chi connectivity index (χ0) is 9.36. The van der Waals surface area contributed by atoms with E-state index in [1.807, 2.05) is 36.2 Å². The highest BCUT2D eigenvalue weighted by Gasteiger charge is 1.84. The van der Waals surface area contributed by atoms with Gasteiger partial charge in [0.2, 0.25) is 0 Å². The molecule has 0 aliphatic carbocycles. The molecule has 0 aliphatic rings. The molecule has 1 aromatic carbocycles. The molecule has 1 rings (SSSR count). The number of benzene rings is 1. The van der Waals surface area contributed by atoms with E-state index in [-0.39, 0.29) is 0 Å². The molecule has 70 valence electrons. The van der Waals surface area contributed by atoms with Crippen LogP contribution in [0, 0.1) is 0 Å². The molecule has 0 spiro atoms. The molecule has 0 heterocycles. The minimum absolute atomic E-state index is 0.924. The Morgan fingerprint density at radius 2 is 2.08 bits per heavy atom. The Morgan fingerprint density at radius 1 is 1.31 bits per heavy atom. The highest BCUT2D eigenvalue weighted by Crippen LogP contribution is 1.98. The molecular formula is C11H15NS. The van der Waals surface area contributed by atoms with Crippen LogP contribution in [0.1, 0.15) is 12.5 Å². The third kappa shape index (κ3) is 4.73. The number of hydrogen-bond donors (Lipinski definition) is 0. The van der Waals surface area contributed by atoms with Crippen LogP contribution in [0.25, 0.3) is 0 Å². The molecule has 0 atom stereocenters. The second kappa shape index (κ2) is 6.72. The van der Waals surface area contributed by atoms with E-state index in [4.69, 9.17) is 0 Å². The van der Waals surface area contributed by atoms with Crippen LogP contribution in [-0.4, -0.2) is 24.3 Å². The van der Waals surface area contributed by atoms with Gasteiger partial charge in [-0.25, -0.2) is 0 Å². The van der Waals surface area contributed by atoms with Crippen molar-refractivity contribution in [2.45, 2.75) is 6.92 Å². The predicted molar refractivity (Wildman–Crippen MR) is 61.9 cm³/mol. The average molecular weight is 193 g/mol. The van der Waals surface area contributed by atoms with Crippen molar-refractivity contribution in [2.24, 2.45) is 4.99 Å². The molecule has 0 saturated heterocycles. The zero-order valence-electron chi connectivity index (χ0n) is 7.94. The minimum atomic E-state index is 0.924. The van der Waals surface area contributed by atoms with Gasteiger partial charge in [0.15, 0.2) is 0 Å². The summed E-state index contributed by atoms with van der Waals surface area (Å²) in [4.78, 5) is 4.33. The van der Waals surface area contributed by atoms with Gasteiger partial charge in [0.25, 0.3) is 0 Å². The summed E-state index contributed by atoms with van der Waals surface area (Å²) < 4.78 is 0. The number of nitrogens with zero attached hydrogens (tertiary/aromatic N) is 1. The Labute approximate surface area is 84.3 Å². The molecule has 0 aromatic heterocycles. The van der Waals surface area contributed by atoms with Gasteiger partial charge in [-0.1, -0.05) is 37.3 Å². The van der Waals surface area contributed by atoms with Crippen molar-refractivity contribution in [3.8, 4) is 0 Å². The molecular weight excluding hydrogens is 178 g/mol. The van der Waals surface area contributed by atoms with Gasteiger partial charge >= 0.3 is 0 Å². The van der Waals surface area contributed by atoms with Crippen LogP contribution in [0.5, 0.6) is 0 Å². The topological polar surface area (TPSA) is 12.4 Å². The Morgan fingerprint density at radius 3 is 2.77 bits per heavy atom. The quantitative estimate of drug-likeness (QED) is 0.517. The van der Waals surface area contributed by atoms with Gasteiger partial charge < -0.3 is 0 Å². The summed E-state index contributed by atoms with van der Waals surface area (Å²) in [6, 6.07) is 10.2. The first-order chi connectivity index (χ1) is 6.43. The maximum Gasteiger partial charge on any atom is 0.0480 e. The standard InChI is InChI=1S/C11H15NS/c1-2-13-9-8-12-10-11-6-4-3-5-7-11/h3-7,10H,2,8-9H2,1H3. The lowest BCUT2D eigenvalue weighted by Crippen LogP contribution is -1.87. The monoisotopic (exact) mass is 193 g/mol. The highest BCUT2D eigenvalue weighted by atomic mass is 32.2. The largest absolute Gasteiger partial charge is 0.292 e. The van der Waals surface area contributed by atoms with Crippen molar-refractivity contribution in [3.63, 3.8) is 0 Å². The van der Waals surface area contributed by atoms with Gasteiger partial charge in [0, 0.05) is 18.5 Å². The fourth-order valence-corrected chi connectivity index (χ4v) is 1.49. The maximum absolute atomic E-state index is 4.33. The van der Waals surface area contributed by atoms with E-state index in [1.54, 1.807) is 0 Å². The SMILES string of the molecule is CCSCCN=Cc1ccccc1. The Hall–Kier alpha value is -0.760. The van der Waals surface area contributed by atoms with Gasteiger partial charge in [-0.05, 0) is 11.3 Å². The van der Waals surface area contributed by atoms with Crippen LogP contribution in [0.2, 0.25) is 0 Å². The lowest BCUT2D eigenvalue weighted by Gasteiger charge is -1.93. The number of rotatable bonds is 5. The lowest BCUT2D eigenvalue weighted by molar-refractivity contribution is 1.15. The molecule has 0 unspecified atom stereocenters. The van der Waals surface area contributed by atoms with E-state index in [0.29, 0.717) is 0 Å². The van der Waals surface area contributed by atoms with Crippen molar-refractivity contribution in [3.05, 3.63) is 35.9 Å². The fourth-order valence-electron chi connectivity index (χ4n) is 0.971. The molecule has 0 aliphatic heterocycles. The number of aliphatic imine (C=N–C) groups is 1. The first kappa shape index (κ1) is 10.3. The fraction of sp³-hybridized carbons (Fsp3) is 0.364.